The molecule has 1 amide bonds. The van der Waals surface area contributed by atoms with Gasteiger partial charge in [0.1, 0.15) is 34.7 Å². The number of nitrogens with one attached hydrogen (secondary N) is 1. The van der Waals surface area contributed by atoms with Gasteiger partial charge in [-0.25, -0.2) is 9.78 Å². The van der Waals surface area contributed by atoms with E-state index in [4.69, 9.17) is 23.9 Å². The zero-order valence-electron chi connectivity index (χ0n) is 35.9. The maximum atomic E-state index is 12.5. The van der Waals surface area contributed by atoms with Crippen molar-refractivity contribution in [3.05, 3.63) is 109 Å². The van der Waals surface area contributed by atoms with Crippen LogP contribution in [0.25, 0.3) is 5.00 Å². The number of esters is 1. The second-order valence-electron chi connectivity index (χ2n) is 16.6. The van der Waals surface area contributed by atoms with Crippen molar-refractivity contribution in [2.75, 3.05) is 31.7 Å². The minimum absolute atomic E-state index is 0.224. The topological polar surface area (TPSA) is 139 Å². The standard InChI is InChI=1S/C46H54N6O6S2/c1-29-30(2)60-43-40(29)41(49-37(28-38-47-19-24-59-38)42-51-50-31(3)52(42)43)35-15-12-32(13-16-35)11-10-20-55-22-23-56-21-18-34-25-33(14-17-39(53)57-45(4,5)6)26-36(27-34)48-44(54)58-46(7,8)9/h12-13,15-16,19,24-27,37H,14,17-18,20-23,28H2,1-9H3,(H,48,54)/t37-/m0/s1. The molecule has 3 aromatic heterocycles. The van der Waals surface area contributed by atoms with Gasteiger partial charge in [-0.05, 0) is 116 Å². The first kappa shape index (κ1) is 44.4. The number of aliphatic imine (C=N–C) groups is 1. The summed E-state index contributed by atoms with van der Waals surface area (Å²) < 4.78 is 24.7. The van der Waals surface area contributed by atoms with E-state index < -0.39 is 17.3 Å². The third kappa shape index (κ3) is 12.2. The number of aryl methyl sites for hydroxylation is 3. The number of hydrogen-bond acceptors (Lipinski definition) is 12. The van der Waals surface area contributed by atoms with Crippen molar-refractivity contribution in [2.24, 2.45) is 4.99 Å². The highest BCUT2D eigenvalue weighted by molar-refractivity contribution is 7.15. The molecular weight excluding hydrogens is 797 g/mol. The Labute approximate surface area is 360 Å². The van der Waals surface area contributed by atoms with E-state index in [-0.39, 0.29) is 25.0 Å². The number of carbonyl (C=O) groups is 2. The highest BCUT2D eigenvalue weighted by Gasteiger charge is 2.32. The second-order valence-corrected chi connectivity index (χ2v) is 18.8. The first-order valence-electron chi connectivity index (χ1n) is 20.1. The van der Waals surface area contributed by atoms with Gasteiger partial charge in [-0.15, -0.1) is 32.9 Å². The molecule has 0 saturated heterocycles. The van der Waals surface area contributed by atoms with Crippen molar-refractivity contribution in [3.63, 3.8) is 0 Å². The number of fused-ring (bicyclic) bond motifs is 3. The lowest BCUT2D eigenvalue weighted by atomic mass is 9.98. The summed E-state index contributed by atoms with van der Waals surface area (Å²) in [4.78, 5) is 36.0. The summed E-state index contributed by atoms with van der Waals surface area (Å²) in [5.41, 5.74) is 6.41. The number of ether oxygens (including phenoxy) is 4. The summed E-state index contributed by atoms with van der Waals surface area (Å²) in [5.74, 6) is 7.73. The molecule has 0 fully saturated rings. The maximum Gasteiger partial charge on any atom is 0.412 e. The Morgan fingerprint density at radius 1 is 0.883 bits per heavy atom. The second kappa shape index (κ2) is 19.5. The van der Waals surface area contributed by atoms with Crippen molar-refractivity contribution in [2.45, 2.75) is 105 Å². The van der Waals surface area contributed by atoms with Crippen LogP contribution in [-0.2, 0) is 43.0 Å². The van der Waals surface area contributed by atoms with Gasteiger partial charge >= 0.3 is 12.1 Å². The molecule has 0 aliphatic carbocycles. The predicted molar refractivity (Wildman–Crippen MR) is 237 cm³/mol. The number of benzene rings is 2. The van der Waals surface area contributed by atoms with Gasteiger partial charge in [0.15, 0.2) is 5.82 Å². The fourth-order valence-electron chi connectivity index (χ4n) is 6.61. The first-order chi connectivity index (χ1) is 28.5. The fraction of sp³-hybridized carbons (Fsp3) is 0.435. The molecule has 5 aromatic rings. The summed E-state index contributed by atoms with van der Waals surface area (Å²) in [5, 5.41) is 16.0. The molecule has 1 aliphatic heterocycles. The maximum absolute atomic E-state index is 12.5. The summed E-state index contributed by atoms with van der Waals surface area (Å²) in [6.07, 6.45) is 3.22. The van der Waals surface area contributed by atoms with Crippen LogP contribution in [0.4, 0.5) is 10.5 Å². The van der Waals surface area contributed by atoms with Gasteiger partial charge in [0.05, 0.1) is 30.5 Å². The van der Waals surface area contributed by atoms with E-state index >= 15 is 0 Å². The number of carbonyl (C=O) groups excluding carboxylic acids is 2. The number of nitrogens with zero attached hydrogens (tertiary/aromatic N) is 5. The number of thiophene rings is 1. The normalized spacial score (nSPS) is 13.7. The highest BCUT2D eigenvalue weighted by Crippen LogP contribution is 2.39. The third-order valence-corrected chi connectivity index (χ3v) is 11.3. The van der Waals surface area contributed by atoms with Gasteiger partial charge < -0.3 is 18.9 Å². The Morgan fingerprint density at radius 2 is 1.60 bits per heavy atom. The third-order valence-electron chi connectivity index (χ3n) is 9.30. The molecule has 0 unspecified atom stereocenters. The molecule has 4 heterocycles. The molecule has 316 valence electrons. The van der Waals surface area contributed by atoms with Gasteiger partial charge in [0.2, 0.25) is 0 Å². The number of thiazole rings is 1. The molecule has 0 bridgehead atoms. The lowest BCUT2D eigenvalue weighted by Crippen LogP contribution is -2.27. The van der Waals surface area contributed by atoms with Crippen LogP contribution in [0.3, 0.4) is 0 Å². The van der Waals surface area contributed by atoms with Gasteiger partial charge in [0.25, 0.3) is 0 Å². The zero-order valence-corrected chi connectivity index (χ0v) is 37.6. The van der Waals surface area contributed by atoms with Crippen LogP contribution in [0, 0.1) is 32.6 Å². The lowest BCUT2D eigenvalue weighted by Gasteiger charge is -2.20. The molecule has 12 nitrogen and oxygen atoms in total. The molecule has 0 radical (unpaired) electrons. The lowest BCUT2D eigenvalue weighted by molar-refractivity contribution is -0.154. The van der Waals surface area contributed by atoms with Crippen molar-refractivity contribution >= 4 is 46.1 Å². The minimum Gasteiger partial charge on any atom is -0.460 e. The van der Waals surface area contributed by atoms with Crippen molar-refractivity contribution in [3.8, 4) is 16.8 Å². The summed E-state index contributed by atoms with van der Waals surface area (Å²) in [7, 11) is 0. The molecule has 1 aliphatic rings. The van der Waals surface area contributed by atoms with E-state index in [0.717, 1.165) is 55.2 Å². The molecule has 1 atom stereocenters. The van der Waals surface area contributed by atoms with E-state index in [1.807, 2.05) is 90.4 Å². The van der Waals surface area contributed by atoms with Gasteiger partial charge in [0, 0.05) is 51.7 Å². The molecule has 0 saturated carbocycles. The zero-order chi connectivity index (χ0) is 43.0. The van der Waals surface area contributed by atoms with Crippen molar-refractivity contribution in [1.29, 1.82) is 0 Å². The van der Waals surface area contributed by atoms with Crippen LogP contribution in [0.15, 0.2) is 59.0 Å². The van der Waals surface area contributed by atoms with E-state index in [2.05, 4.69) is 62.9 Å². The number of rotatable bonds is 14. The Bertz CT molecular complexity index is 2370. The average molecular weight is 851 g/mol. The predicted octanol–water partition coefficient (Wildman–Crippen LogP) is 9.09. The van der Waals surface area contributed by atoms with Crippen LogP contribution in [0.1, 0.15) is 109 Å². The van der Waals surface area contributed by atoms with Crippen LogP contribution in [0.5, 0.6) is 0 Å². The minimum atomic E-state index is -0.633. The van der Waals surface area contributed by atoms with Gasteiger partial charge in [-0.2, -0.15) is 0 Å². The van der Waals surface area contributed by atoms with E-state index in [1.165, 1.54) is 10.4 Å². The Kier molecular flexibility index (Phi) is 14.4. The van der Waals surface area contributed by atoms with Crippen molar-refractivity contribution < 1.29 is 28.5 Å². The van der Waals surface area contributed by atoms with Crippen LogP contribution < -0.4 is 5.32 Å². The summed E-state index contributed by atoms with van der Waals surface area (Å²) in [6.45, 7) is 18.8. The molecule has 14 heteroatoms. The molecule has 0 spiro atoms. The van der Waals surface area contributed by atoms with Gasteiger partial charge in [-0.1, -0.05) is 30.0 Å². The SMILES string of the molecule is Cc1sc2c(c1C)C(c1ccc(C#CCOCCOCCc3cc(CCC(=O)OC(C)(C)C)cc(NC(=O)OC(C)(C)C)c3)cc1)=N[C@@H](Cc1nccs1)c1nnc(C)n1-2. The molecule has 1 N–H and O–H groups in total. The number of amides is 1. The fourth-order valence-corrected chi connectivity index (χ4v) is 8.48. The Morgan fingerprint density at radius 3 is 2.30 bits per heavy atom. The molecular formula is C46H54N6O6S2. The van der Waals surface area contributed by atoms with Crippen LogP contribution >= 0.6 is 22.7 Å². The van der Waals surface area contributed by atoms with Gasteiger partial charge in [-0.3, -0.25) is 19.7 Å². The smallest absolute Gasteiger partial charge is 0.412 e. The summed E-state index contributed by atoms with van der Waals surface area (Å²) >= 11 is 3.37. The van der Waals surface area contributed by atoms with Crippen LogP contribution in [-0.4, -0.2) is 75.2 Å². The summed E-state index contributed by atoms with van der Waals surface area (Å²) in [6, 6.07) is 13.7. The monoisotopic (exact) mass is 850 g/mol. The number of anilines is 1. The van der Waals surface area contributed by atoms with E-state index in [1.54, 1.807) is 22.7 Å². The average Bonchev–Trinajstić information content (AvgIpc) is 3.87. The Balaban J connectivity index is 1.02. The molecule has 60 heavy (non-hydrogen) atoms. The van der Waals surface area contributed by atoms with E-state index in [9.17, 15) is 9.59 Å². The number of aromatic nitrogens is 4. The van der Waals surface area contributed by atoms with Crippen LogP contribution in [0.2, 0.25) is 0 Å². The molecule has 2 aromatic carbocycles. The quantitative estimate of drug-likeness (QED) is 0.0659. The highest BCUT2D eigenvalue weighted by atomic mass is 32.1. The molecule has 6 rings (SSSR count). The number of hydrogen-bond donors (Lipinski definition) is 1. The van der Waals surface area contributed by atoms with Crippen molar-refractivity contribution in [1.82, 2.24) is 19.7 Å². The Hall–Kier alpha value is -5.20. The largest absolute Gasteiger partial charge is 0.460 e. The first-order valence-corrected chi connectivity index (χ1v) is 21.8. The van der Waals surface area contributed by atoms with E-state index in [0.29, 0.717) is 44.8 Å².